The van der Waals surface area contributed by atoms with Gasteiger partial charge in [0, 0.05) is 37.4 Å². The van der Waals surface area contributed by atoms with E-state index in [-0.39, 0.29) is 0 Å². The zero-order valence-corrected chi connectivity index (χ0v) is 11.8. The molecule has 5 nitrogen and oxygen atoms in total. The maximum atomic E-state index is 4.62. The van der Waals surface area contributed by atoms with Crippen molar-refractivity contribution in [1.29, 1.82) is 0 Å². The second kappa shape index (κ2) is 5.63. The number of anilines is 1. The third kappa shape index (κ3) is 2.79. The molecule has 0 radical (unpaired) electrons. The first-order chi connectivity index (χ1) is 8.61. The summed E-state index contributed by atoms with van der Waals surface area (Å²) in [7, 11) is 6.25. The van der Waals surface area contributed by atoms with Crippen molar-refractivity contribution >= 4 is 5.82 Å². The largest absolute Gasteiger partial charge is 0.355 e. The molecule has 0 spiro atoms. The Bertz CT molecular complexity index is 404. The smallest absolute Gasteiger partial charge is 0.136 e. The van der Waals surface area contributed by atoms with Crippen molar-refractivity contribution in [2.75, 3.05) is 39.1 Å². The Morgan fingerprint density at radius 3 is 2.89 bits per heavy atom. The summed E-state index contributed by atoms with van der Waals surface area (Å²) >= 11 is 0. The fourth-order valence-corrected chi connectivity index (χ4v) is 2.43. The molecule has 1 aliphatic rings. The molecule has 2 heterocycles. The van der Waals surface area contributed by atoms with Gasteiger partial charge in [0.15, 0.2) is 0 Å². The van der Waals surface area contributed by atoms with Gasteiger partial charge in [0.2, 0.25) is 0 Å². The normalized spacial score (nSPS) is 19.8. The second-order valence-electron chi connectivity index (χ2n) is 5.15. The topological polar surface area (TPSA) is 44.3 Å². The fraction of sp³-hybridized carbons (Fsp3) is 0.692. The van der Waals surface area contributed by atoms with Crippen LogP contribution in [0.5, 0.6) is 0 Å². The molecule has 1 aromatic heterocycles. The third-order valence-corrected chi connectivity index (χ3v) is 3.52. The lowest BCUT2D eigenvalue weighted by Gasteiger charge is -2.23. The van der Waals surface area contributed by atoms with E-state index in [2.05, 4.69) is 39.2 Å². The highest BCUT2D eigenvalue weighted by atomic mass is 15.3. The van der Waals surface area contributed by atoms with Crippen LogP contribution < -0.4 is 10.2 Å². The van der Waals surface area contributed by atoms with E-state index in [1.54, 1.807) is 0 Å². The molecule has 0 saturated carbocycles. The van der Waals surface area contributed by atoms with E-state index in [9.17, 15) is 0 Å². The molecular formula is C13H23N5. The van der Waals surface area contributed by atoms with Gasteiger partial charge in [0.25, 0.3) is 0 Å². The summed E-state index contributed by atoms with van der Waals surface area (Å²) < 4.78 is 0. The van der Waals surface area contributed by atoms with Crippen molar-refractivity contribution in [3.63, 3.8) is 0 Å². The minimum atomic E-state index is 0.628. The third-order valence-electron chi connectivity index (χ3n) is 3.52. The van der Waals surface area contributed by atoms with Gasteiger partial charge in [-0.1, -0.05) is 0 Å². The van der Waals surface area contributed by atoms with Gasteiger partial charge in [-0.2, -0.15) is 0 Å². The summed E-state index contributed by atoms with van der Waals surface area (Å²) in [5.41, 5.74) is 1.18. The fourth-order valence-electron chi connectivity index (χ4n) is 2.43. The van der Waals surface area contributed by atoms with E-state index in [1.165, 1.54) is 12.0 Å². The standard InChI is InChI=1S/C13H23N5/c1-10-15-8-11(7-14-2)13(16-10)18-6-5-12(9-18)17(3)4/h8,12,14H,5-7,9H2,1-4H3. The molecule has 5 heteroatoms. The molecule has 1 atom stereocenters. The lowest BCUT2D eigenvalue weighted by Crippen LogP contribution is -2.32. The predicted molar refractivity (Wildman–Crippen MR) is 73.8 cm³/mol. The molecule has 1 unspecified atom stereocenters. The van der Waals surface area contributed by atoms with Crippen LogP contribution in [0.3, 0.4) is 0 Å². The van der Waals surface area contributed by atoms with Gasteiger partial charge in [-0.05, 0) is 34.5 Å². The highest BCUT2D eigenvalue weighted by molar-refractivity contribution is 5.47. The number of aromatic nitrogens is 2. The Morgan fingerprint density at radius 1 is 1.50 bits per heavy atom. The van der Waals surface area contributed by atoms with Crippen molar-refractivity contribution in [1.82, 2.24) is 20.2 Å². The maximum absolute atomic E-state index is 4.62. The Morgan fingerprint density at radius 2 is 2.28 bits per heavy atom. The van der Waals surface area contributed by atoms with Crippen molar-refractivity contribution in [3.8, 4) is 0 Å². The molecule has 0 amide bonds. The number of hydrogen-bond acceptors (Lipinski definition) is 5. The first-order valence-electron chi connectivity index (χ1n) is 6.50. The van der Waals surface area contributed by atoms with E-state index < -0.39 is 0 Å². The Labute approximate surface area is 109 Å². The van der Waals surface area contributed by atoms with Crippen molar-refractivity contribution in [2.45, 2.75) is 25.9 Å². The summed E-state index contributed by atoms with van der Waals surface area (Å²) in [6.07, 6.45) is 3.15. The van der Waals surface area contributed by atoms with E-state index in [4.69, 9.17) is 0 Å². The minimum Gasteiger partial charge on any atom is -0.355 e. The Hall–Kier alpha value is -1.20. The van der Waals surface area contributed by atoms with Crippen molar-refractivity contribution < 1.29 is 0 Å². The first kappa shape index (κ1) is 13.2. The summed E-state index contributed by atoms with van der Waals surface area (Å²) in [6, 6.07) is 0.628. The second-order valence-corrected chi connectivity index (χ2v) is 5.15. The summed E-state index contributed by atoms with van der Waals surface area (Å²) in [5, 5.41) is 3.18. The molecule has 100 valence electrons. The van der Waals surface area contributed by atoms with Crippen LogP contribution >= 0.6 is 0 Å². The van der Waals surface area contributed by atoms with Gasteiger partial charge >= 0.3 is 0 Å². The molecule has 0 bridgehead atoms. The Balaban J connectivity index is 2.19. The number of nitrogens with one attached hydrogen (secondary N) is 1. The number of nitrogens with zero attached hydrogens (tertiary/aromatic N) is 4. The van der Waals surface area contributed by atoms with E-state index in [0.717, 1.165) is 31.3 Å². The van der Waals surface area contributed by atoms with Crippen LogP contribution in [-0.4, -0.2) is 55.1 Å². The van der Waals surface area contributed by atoms with Crippen LogP contribution in [0.25, 0.3) is 0 Å². The molecule has 2 rings (SSSR count). The van der Waals surface area contributed by atoms with Crippen LogP contribution in [-0.2, 0) is 6.54 Å². The Kier molecular flexibility index (Phi) is 4.14. The average Bonchev–Trinajstić information content (AvgIpc) is 2.81. The molecule has 1 fully saturated rings. The summed E-state index contributed by atoms with van der Waals surface area (Å²) in [5.74, 6) is 1.94. The first-order valence-corrected chi connectivity index (χ1v) is 6.50. The zero-order valence-electron chi connectivity index (χ0n) is 11.8. The van der Waals surface area contributed by atoms with Crippen LogP contribution in [0.1, 0.15) is 17.8 Å². The maximum Gasteiger partial charge on any atom is 0.136 e. The van der Waals surface area contributed by atoms with Crippen LogP contribution in [0, 0.1) is 6.92 Å². The van der Waals surface area contributed by atoms with Gasteiger partial charge < -0.3 is 15.1 Å². The summed E-state index contributed by atoms with van der Waals surface area (Å²) in [4.78, 5) is 13.6. The van der Waals surface area contributed by atoms with Crippen LogP contribution in [0.4, 0.5) is 5.82 Å². The molecule has 1 aliphatic heterocycles. The molecule has 0 aromatic carbocycles. The van der Waals surface area contributed by atoms with Crippen molar-refractivity contribution in [2.24, 2.45) is 0 Å². The summed E-state index contributed by atoms with van der Waals surface area (Å²) in [6.45, 7) is 4.90. The van der Waals surface area contributed by atoms with Gasteiger partial charge in [-0.3, -0.25) is 0 Å². The zero-order chi connectivity index (χ0) is 13.1. The highest BCUT2D eigenvalue weighted by Crippen LogP contribution is 2.23. The molecule has 18 heavy (non-hydrogen) atoms. The van der Waals surface area contributed by atoms with Gasteiger partial charge in [-0.25, -0.2) is 9.97 Å². The lowest BCUT2D eigenvalue weighted by molar-refractivity contribution is 0.315. The molecule has 0 aliphatic carbocycles. The average molecular weight is 249 g/mol. The molecule has 1 aromatic rings. The number of likely N-dealkylation sites (N-methyl/N-ethyl adjacent to an activating group) is 1. The minimum absolute atomic E-state index is 0.628. The lowest BCUT2D eigenvalue weighted by atomic mass is 10.2. The number of hydrogen-bond donors (Lipinski definition) is 1. The van der Waals surface area contributed by atoms with Gasteiger partial charge in [0.05, 0.1) is 0 Å². The number of rotatable bonds is 4. The SMILES string of the molecule is CNCc1cnc(C)nc1N1CCC(N(C)C)C1. The van der Waals surface area contributed by atoms with Gasteiger partial charge in [-0.15, -0.1) is 0 Å². The number of aryl methyl sites for hydroxylation is 1. The molecule has 1 N–H and O–H groups in total. The van der Waals surface area contributed by atoms with E-state index in [1.807, 2.05) is 20.2 Å². The molecular weight excluding hydrogens is 226 g/mol. The van der Waals surface area contributed by atoms with Crippen LogP contribution in [0.2, 0.25) is 0 Å². The van der Waals surface area contributed by atoms with Gasteiger partial charge in [0.1, 0.15) is 11.6 Å². The van der Waals surface area contributed by atoms with Crippen LogP contribution in [0.15, 0.2) is 6.20 Å². The van der Waals surface area contributed by atoms with E-state index in [0.29, 0.717) is 6.04 Å². The monoisotopic (exact) mass is 249 g/mol. The molecule has 1 saturated heterocycles. The highest BCUT2D eigenvalue weighted by Gasteiger charge is 2.26. The van der Waals surface area contributed by atoms with E-state index >= 15 is 0 Å². The quantitative estimate of drug-likeness (QED) is 0.848. The predicted octanol–water partition coefficient (Wildman–Crippen LogP) is 0.645. The van der Waals surface area contributed by atoms with Crippen molar-refractivity contribution in [3.05, 3.63) is 17.6 Å².